The summed E-state index contributed by atoms with van der Waals surface area (Å²) in [6, 6.07) is 29.7. The Morgan fingerprint density at radius 3 is 1.02 bits per heavy atom. The van der Waals surface area contributed by atoms with Crippen LogP contribution in [0.15, 0.2) is 97.1 Å². The second-order valence-corrected chi connectivity index (χ2v) is 11.3. The maximum Gasteiger partial charge on any atom is 0.176 e. The molecule has 0 unspecified atom stereocenters. The Kier molecular flexibility index (Phi) is 11.2. The highest BCUT2D eigenvalue weighted by Crippen LogP contribution is 2.33. The number of hydrogen-bond acceptors (Lipinski definition) is 5. The van der Waals surface area contributed by atoms with Crippen molar-refractivity contribution in [3.05, 3.63) is 108 Å². The SMILES string of the molecule is C#CC1(O)c2ccc(cc2)Oc2ccc(cc2)OCCCCCCCCCCCCOc2ccc(cc2)Oc2ccc1cc2. The lowest BCUT2D eigenvalue weighted by atomic mass is 9.87. The molecule has 8 bridgehead atoms. The van der Waals surface area contributed by atoms with Gasteiger partial charge in [-0.2, -0.15) is 0 Å². The van der Waals surface area contributed by atoms with Gasteiger partial charge in [-0.1, -0.05) is 81.6 Å². The van der Waals surface area contributed by atoms with E-state index in [9.17, 15) is 5.11 Å². The highest BCUT2D eigenvalue weighted by molar-refractivity contribution is 5.47. The van der Waals surface area contributed by atoms with E-state index in [4.69, 9.17) is 25.4 Å². The van der Waals surface area contributed by atoms with Gasteiger partial charge in [-0.3, -0.25) is 0 Å². The molecule has 0 aliphatic carbocycles. The first-order chi connectivity index (χ1) is 21.6. The third-order valence-electron chi connectivity index (χ3n) is 7.95. The van der Waals surface area contributed by atoms with E-state index in [1.54, 1.807) is 48.5 Å². The van der Waals surface area contributed by atoms with E-state index >= 15 is 0 Å². The van der Waals surface area contributed by atoms with Gasteiger partial charge >= 0.3 is 0 Å². The Hall–Kier alpha value is -4.40. The van der Waals surface area contributed by atoms with Crippen molar-refractivity contribution < 1.29 is 24.1 Å². The Labute approximate surface area is 261 Å². The van der Waals surface area contributed by atoms with Crippen molar-refractivity contribution in [2.24, 2.45) is 0 Å². The fourth-order valence-corrected chi connectivity index (χ4v) is 5.34. The lowest BCUT2D eigenvalue weighted by Gasteiger charge is -2.24. The quantitative estimate of drug-likeness (QED) is 0.207. The number of benzene rings is 4. The summed E-state index contributed by atoms with van der Waals surface area (Å²) in [5, 5.41) is 11.5. The molecular formula is C39H42O5. The van der Waals surface area contributed by atoms with Crippen molar-refractivity contribution in [3.63, 3.8) is 0 Å². The molecule has 5 heteroatoms. The maximum absolute atomic E-state index is 11.5. The van der Waals surface area contributed by atoms with Crippen molar-refractivity contribution in [1.82, 2.24) is 0 Å². The highest BCUT2D eigenvalue weighted by Gasteiger charge is 2.29. The molecule has 5 nitrogen and oxygen atoms in total. The van der Waals surface area contributed by atoms with Crippen LogP contribution in [0.5, 0.6) is 34.5 Å². The molecule has 6 heterocycles. The van der Waals surface area contributed by atoms with Gasteiger partial charge in [-0.25, -0.2) is 0 Å². The zero-order valence-electron chi connectivity index (χ0n) is 25.4. The van der Waals surface area contributed by atoms with E-state index in [0.29, 0.717) is 34.1 Å². The Morgan fingerprint density at radius 2 is 0.705 bits per heavy atom. The molecule has 0 amide bonds. The van der Waals surface area contributed by atoms with Gasteiger partial charge in [0.1, 0.15) is 34.5 Å². The zero-order chi connectivity index (χ0) is 30.5. The summed E-state index contributed by atoms with van der Waals surface area (Å²) in [6.45, 7) is 1.45. The number of fused-ring (bicyclic) bond motifs is 2. The average Bonchev–Trinajstić information content (AvgIpc) is 3.06. The lowest BCUT2D eigenvalue weighted by molar-refractivity contribution is 0.145. The maximum atomic E-state index is 11.5. The molecule has 1 N–H and O–H groups in total. The van der Waals surface area contributed by atoms with Gasteiger partial charge < -0.3 is 24.1 Å². The minimum absolute atomic E-state index is 0.571. The molecule has 6 aliphatic rings. The van der Waals surface area contributed by atoms with Crippen molar-refractivity contribution >= 4 is 0 Å². The Balaban J connectivity index is 1.26. The Morgan fingerprint density at radius 1 is 0.432 bits per heavy atom. The minimum Gasteiger partial charge on any atom is -0.494 e. The molecule has 0 fully saturated rings. The summed E-state index contributed by atoms with van der Waals surface area (Å²) in [4.78, 5) is 0. The molecule has 0 aromatic heterocycles. The summed E-state index contributed by atoms with van der Waals surface area (Å²) in [5.74, 6) is 6.94. The van der Waals surface area contributed by atoms with Crippen LogP contribution < -0.4 is 18.9 Å². The average molecular weight is 591 g/mol. The lowest BCUT2D eigenvalue weighted by Crippen LogP contribution is -2.24. The van der Waals surface area contributed by atoms with Crippen molar-refractivity contribution in [2.75, 3.05) is 13.2 Å². The van der Waals surface area contributed by atoms with Crippen LogP contribution in [0.1, 0.15) is 75.3 Å². The number of hydrogen-bond donors (Lipinski definition) is 1. The van der Waals surface area contributed by atoms with Gasteiger partial charge in [-0.15, -0.1) is 6.42 Å². The third-order valence-corrected chi connectivity index (χ3v) is 7.95. The first-order valence-corrected chi connectivity index (χ1v) is 15.8. The predicted octanol–water partition coefficient (Wildman–Crippen LogP) is 9.81. The van der Waals surface area contributed by atoms with Crippen LogP contribution in [0.2, 0.25) is 0 Å². The summed E-state index contributed by atoms with van der Waals surface area (Å²) in [7, 11) is 0. The minimum atomic E-state index is -1.60. The van der Waals surface area contributed by atoms with Crippen LogP contribution in [0.4, 0.5) is 0 Å². The number of terminal acetylenes is 1. The first-order valence-electron chi connectivity index (χ1n) is 15.8. The van der Waals surface area contributed by atoms with Crippen molar-refractivity contribution in [1.29, 1.82) is 0 Å². The standard InChI is InChI=1S/C39H42O5/c1-2-39(40)31-13-17-35(18-14-31)43-37-25-21-33(22-26-37)41-29-11-9-7-5-3-4-6-8-10-12-30-42-34-23-27-38(28-24-34)44-36-19-15-32(39)16-20-36/h1,13-28,40H,3-12,29-30H2. The zero-order valence-corrected chi connectivity index (χ0v) is 25.4. The topological polar surface area (TPSA) is 57.2 Å². The van der Waals surface area contributed by atoms with Crippen molar-refractivity contribution in [3.8, 4) is 46.8 Å². The molecule has 4 aromatic carbocycles. The van der Waals surface area contributed by atoms with E-state index < -0.39 is 5.60 Å². The molecule has 0 spiro atoms. The highest BCUT2D eigenvalue weighted by atomic mass is 16.5. The fraction of sp³-hybridized carbons (Fsp3) is 0.333. The molecule has 6 aliphatic heterocycles. The summed E-state index contributed by atoms with van der Waals surface area (Å²) in [6.07, 6.45) is 18.1. The van der Waals surface area contributed by atoms with Gasteiger partial charge in [0.25, 0.3) is 0 Å². The molecule has 4 aromatic rings. The second kappa shape index (κ2) is 15.9. The van der Waals surface area contributed by atoms with Crippen molar-refractivity contribution in [2.45, 2.75) is 69.8 Å². The number of ether oxygens (including phenoxy) is 4. The van der Waals surface area contributed by atoms with Gasteiger partial charge in [-0.05, 0) is 85.6 Å². The van der Waals surface area contributed by atoms with E-state index in [-0.39, 0.29) is 0 Å². The summed E-state index contributed by atoms with van der Waals surface area (Å²) < 4.78 is 23.9. The summed E-state index contributed by atoms with van der Waals surface area (Å²) >= 11 is 0. The van der Waals surface area contributed by atoms with Crippen LogP contribution in [0.25, 0.3) is 0 Å². The Bertz CT molecular complexity index is 1350. The predicted molar refractivity (Wildman–Crippen MR) is 175 cm³/mol. The number of rotatable bonds is 0. The van der Waals surface area contributed by atoms with Crippen LogP contribution >= 0.6 is 0 Å². The summed E-state index contributed by atoms with van der Waals surface area (Å²) in [5.41, 5.74) is -0.462. The van der Waals surface area contributed by atoms with Crippen LogP contribution in [0, 0.1) is 12.3 Å². The van der Waals surface area contributed by atoms with Crippen LogP contribution in [0.3, 0.4) is 0 Å². The molecule has 0 saturated heterocycles. The fourth-order valence-electron chi connectivity index (χ4n) is 5.34. The molecule has 228 valence electrons. The molecule has 0 atom stereocenters. The molecule has 0 radical (unpaired) electrons. The van der Waals surface area contributed by atoms with E-state index in [1.807, 2.05) is 48.5 Å². The molecule has 0 saturated carbocycles. The van der Waals surface area contributed by atoms with E-state index in [1.165, 1.54) is 51.4 Å². The van der Waals surface area contributed by atoms with Gasteiger partial charge in [0.05, 0.1) is 13.2 Å². The van der Waals surface area contributed by atoms with Crippen LogP contribution in [-0.4, -0.2) is 18.3 Å². The molecule has 10 rings (SSSR count). The number of aliphatic hydroxyl groups is 1. The van der Waals surface area contributed by atoms with Gasteiger partial charge in [0, 0.05) is 11.1 Å². The third kappa shape index (κ3) is 8.81. The first kappa shape index (κ1) is 31.0. The molecular weight excluding hydrogens is 548 g/mol. The van der Waals surface area contributed by atoms with Gasteiger partial charge in [0.15, 0.2) is 5.60 Å². The smallest absolute Gasteiger partial charge is 0.176 e. The van der Waals surface area contributed by atoms with E-state index in [2.05, 4.69) is 5.92 Å². The largest absolute Gasteiger partial charge is 0.494 e. The monoisotopic (exact) mass is 590 g/mol. The normalized spacial score (nSPS) is 16.5. The van der Waals surface area contributed by atoms with Crippen LogP contribution in [-0.2, 0) is 5.60 Å². The van der Waals surface area contributed by atoms with Gasteiger partial charge in [0.2, 0.25) is 0 Å². The second-order valence-electron chi connectivity index (χ2n) is 11.3. The van der Waals surface area contributed by atoms with E-state index in [0.717, 1.165) is 37.6 Å². The molecule has 44 heavy (non-hydrogen) atoms.